The van der Waals surface area contributed by atoms with Crippen molar-refractivity contribution >= 4 is 11.5 Å². The Hall–Kier alpha value is -2.55. The van der Waals surface area contributed by atoms with Crippen molar-refractivity contribution in [2.45, 2.75) is 12.8 Å². The Kier molecular flexibility index (Phi) is 4.77. The van der Waals surface area contributed by atoms with Gasteiger partial charge in [-0.15, -0.1) is 0 Å². The molecule has 0 aliphatic carbocycles. The normalized spacial score (nSPS) is 12.8. The lowest BCUT2D eigenvalue weighted by Gasteiger charge is -2.11. The Morgan fingerprint density at radius 3 is 2.48 bits per heavy atom. The summed E-state index contributed by atoms with van der Waals surface area (Å²) >= 11 is 0. The molecule has 0 saturated carbocycles. The quantitative estimate of drug-likeness (QED) is 0.902. The van der Waals surface area contributed by atoms with Crippen LogP contribution in [0.5, 0.6) is 5.75 Å². The van der Waals surface area contributed by atoms with Gasteiger partial charge in [-0.25, -0.2) is 0 Å². The molecule has 2 aromatic carbocycles. The third-order valence-electron chi connectivity index (χ3n) is 3.37. The largest absolute Gasteiger partial charge is 0.497 e. The molecular formula is C18H18O3. The topological polar surface area (TPSA) is 46.5 Å². The lowest BCUT2D eigenvalue weighted by Crippen LogP contribution is -2.09. The van der Waals surface area contributed by atoms with E-state index in [-0.39, 0.29) is 0 Å². The monoisotopic (exact) mass is 282 g/mol. The van der Waals surface area contributed by atoms with Crippen LogP contribution in [0.15, 0.2) is 60.7 Å². The van der Waals surface area contributed by atoms with Crippen LogP contribution in [0, 0.1) is 0 Å². The summed E-state index contributed by atoms with van der Waals surface area (Å²) in [5.74, 6) is -0.757. The summed E-state index contributed by atoms with van der Waals surface area (Å²) < 4.78 is 5.20. The Morgan fingerprint density at radius 1 is 1.14 bits per heavy atom. The first-order valence-electron chi connectivity index (χ1n) is 6.72. The molecule has 3 heteroatoms. The summed E-state index contributed by atoms with van der Waals surface area (Å²) in [6.45, 7) is 1.91. The lowest BCUT2D eigenvalue weighted by molar-refractivity contribution is -0.137. The van der Waals surface area contributed by atoms with Gasteiger partial charge in [-0.05, 0) is 35.8 Å². The highest BCUT2D eigenvalue weighted by atomic mass is 16.5. The zero-order valence-electron chi connectivity index (χ0n) is 12.1. The Bertz CT molecular complexity index is 645. The van der Waals surface area contributed by atoms with E-state index in [4.69, 9.17) is 4.74 Å². The molecule has 2 aromatic rings. The molecule has 2 rings (SSSR count). The van der Waals surface area contributed by atoms with Crippen molar-refractivity contribution in [3.8, 4) is 5.75 Å². The summed E-state index contributed by atoms with van der Waals surface area (Å²) in [4.78, 5) is 11.5. The van der Waals surface area contributed by atoms with E-state index in [0.29, 0.717) is 0 Å². The molecule has 0 fully saturated rings. The minimum Gasteiger partial charge on any atom is -0.497 e. The molecule has 0 amide bonds. The van der Waals surface area contributed by atoms with E-state index in [1.165, 1.54) is 0 Å². The summed E-state index contributed by atoms with van der Waals surface area (Å²) in [5, 5.41) is 9.45. The van der Waals surface area contributed by atoms with Crippen molar-refractivity contribution in [2.75, 3.05) is 7.11 Å². The van der Waals surface area contributed by atoms with Crippen molar-refractivity contribution in [2.24, 2.45) is 0 Å². The minimum absolute atomic E-state index is 0.655. The standard InChI is InChI=1S/C18H18O3/c1-13(15-9-6-10-16(12-15)21-2)11-17(18(19)20)14-7-4-3-5-8-14/h3-12,17H,1-2H3,(H,19,20). The van der Waals surface area contributed by atoms with Crippen molar-refractivity contribution in [1.82, 2.24) is 0 Å². The minimum atomic E-state index is -0.858. The Balaban J connectivity index is 2.36. The van der Waals surface area contributed by atoms with Crippen LogP contribution >= 0.6 is 0 Å². The summed E-state index contributed by atoms with van der Waals surface area (Å²) in [5.41, 5.74) is 2.63. The second kappa shape index (κ2) is 6.75. The number of carboxylic acids is 1. The van der Waals surface area contributed by atoms with E-state index in [2.05, 4.69) is 0 Å². The van der Waals surface area contributed by atoms with E-state index in [1.54, 1.807) is 13.2 Å². The molecular weight excluding hydrogens is 264 g/mol. The zero-order chi connectivity index (χ0) is 15.2. The zero-order valence-corrected chi connectivity index (χ0v) is 12.1. The number of aliphatic carboxylic acids is 1. The van der Waals surface area contributed by atoms with Crippen LogP contribution in [-0.4, -0.2) is 18.2 Å². The molecule has 1 atom stereocenters. The highest BCUT2D eigenvalue weighted by molar-refractivity contribution is 5.82. The fraction of sp³-hybridized carbons (Fsp3) is 0.167. The van der Waals surface area contributed by atoms with Crippen molar-refractivity contribution in [3.63, 3.8) is 0 Å². The average Bonchev–Trinajstić information content (AvgIpc) is 2.53. The lowest BCUT2D eigenvalue weighted by atomic mass is 9.94. The molecule has 0 aliphatic heterocycles. The molecule has 0 spiro atoms. The number of ether oxygens (including phenoxy) is 1. The van der Waals surface area contributed by atoms with Crippen molar-refractivity contribution in [3.05, 3.63) is 71.8 Å². The molecule has 0 aromatic heterocycles. The van der Waals surface area contributed by atoms with Gasteiger partial charge < -0.3 is 9.84 Å². The molecule has 0 aliphatic rings. The number of benzene rings is 2. The van der Waals surface area contributed by atoms with E-state index < -0.39 is 11.9 Å². The Morgan fingerprint density at radius 2 is 1.86 bits per heavy atom. The molecule has 21 heavy (non-hydrogen) atoms. The predicted molar refractivity (Wildman–Crippen MR) is 83.5 cm³/mol. The molecule has 1 N–H and O–H groups in total. The van der Waals surface area contributed by atoms with Crippen LogP contribution in [0.25, 0.3) is 5.57 Å². The second-order valence-electron chi connectivity index (χ2n) is 4.81. The second-order valence-corrected chi connectivity index (χ2v) is 4.81. The highest BCUT2D eigenvalue weighted by Gasteiger charge is 2.17. The third kappa shape index (κ3) is 3.72. The molecule has 3 nitrogen and oxygen atoms in total. The summed E-state index contributed by atoms with van der Waals surface area (Å²) in [6.07, 6.45) is 1.77. The summed E-state index contributed by atoms with van der Waals surface area (Å²) in [7, 11) is 1.61. The molecule has 0 heterocycles. The van der Waals surface area contributed by atoms with Gasteiger partial charge >= 0.3 is 5.97 Å². The van der Waals surface area contributed by atoms with Gasteiger partial charge in [-0.2, -0.15) is 0 Å². The maximum Gasteiger partial charge on any atom is 0.314 e. The van der Waals surface area contributed by atoms with Gasteiger partial charge in [0.05, 0.1) is 7.11 Å². The van der Waals surface area contributed by atoms with Gasteiger partial charge in [0.25, 0.3) is 0 Å². The highest BCUT2D eigenvalue weighted by Crippen LogP contribution is 2.25. The van der Waals surface area contributed by atoms with Gasteiger partial charge in [-0.3, -0.25) is 4.79 Å². The number of carbonyl (C=O) groups is 1. The van der Waals surface area contributed by atoms with Gasteiger partial charge in [0.2, 0.25) is 0 Å². The Labute approximate surface area is 124 Å². The number of methoxy groups -OCH3 is 1. The van der Waals surface area contributed by atoms with Crippen molar-refractivity contribution in [1.29, 1.82) is 0 Å². The predicted octanol–water partition coefficient (Wildman–Crippen LogP) is 3.97. The SMILES string of the molecule is COc1cccc(C(C)=CC(C(=O)O)c2ccccc2)c1. The van der Waals surface area contributed by atoms with Gasteiger partial charge in [0.1, 0.15) is 11.7 Å². The van der Waals surface area contributed by atoms with E-state index in [0.717, 1.165) is 22.4 Å². The molecule has 108 valence electrons. The average molecular weight is 282 g/mol. The fourth-order valence-electron chi connectivity index (χ4n) is 2.19. The fourth-order valence-corrected chi connectivity index (χ4v) is 2.19. The number of hydrogen-bond acceptors (Lipinski definition) is 2. The van der Waals surface area contributed by atoms with E-state index in [9.17, 15) is 9.90 Å². The van der Waals surface area contributed by atoms with Crippen LogP contribution < -0.4 is 4.74 Å². The van der Waals surface area contributed by atoms with Gasteiger partial charge in [0.15, 0.2) is 0 Å². The number of allylic oxidation sites excluding steroid dienone is 1. The van der Waals surface area contributed by atoms with E-state index in [1.807, 2.05) is 61.5 Å². The van der Waals surface area contributed by atoms with E-state index >= 15 is 0 Å². The maximum atomic E-state index is 11.5. The molecule has 0 bridgehead atoms. The van der Waals surface area contributed by atoms with Crippen LogP contribution in [-0.2, 0) is 4.79 Å². The molecule has 0 saturated heterocycles. The first-order chi connectivity index (χ1) is 10.1. The van der Waals surface area contributed by atoms with Crippen molar-refractivity contribution < 1.29 is 14.6 Å². The number of carboxylic acid groups (broad SMARTS) is 1. The van der Waals surface area contributed by atoms with Crippen LogP contribution in [0.2, 0.25) is 0 Å². The smallest absolute Gasteiger partial charge is 0.314 e. The number of hydrogen-bond donors (Lipinski definition) is 1. The molecule has 1 unspecified atom stereocenters. The van der Waals surface area contributed by atoms with Crippen LogP contribution in [0.1, 0.15) is 24.0 Å². The number of rotatable bonds is 5. The van der Waals surface area contributed by atoms with Crippen LogP contribution in [0.3, 0.4) is 0 Å². The van der Waals surface area contributed by atoms with Gasteiger partial charge in [-0.1, -0.05) is 48.5 Å². The summed E-state index contributed by atoms with van der Waals surface area (Å²) in [6, 6.07) is 16.8. The van der Waals surface area contributed by atoms with Crippen LogP contribution in [0.4, 0.5) is 0 Å². The third-order valence-corrected chi connectivity index (χ3v) is 3.37. The van der Waals surface area contributed by atoms with Gasteiger partial charge in [0, 0.05) is 0 Å². The first-order valence-corrected chi connectivity index (χ1v) is 6.72. The maximum absolute atomic E-state index is 11.5. The molecule has 0 radical (unpaired) electrons. The first kappa shape index (κ1) is 14.9.